The summed E-state index contributed by atoms with van der Waals surface area (Å²) in [4.78, 5) is 11.8. The normalized spacial score (nSPS) is 9.95. The van der Waals surface area contributed by atoms with Crippen LogP contribution in [0, 0.1) is 23.0 Å². The van der Waals surface area contributed by atoms with Gasteiger partial charge in [-0.2, -0.15) is 5.26 Å². The zero-order valence-corrected chi connectivity index (χ0v) is 10.8. The molecule has 0 atom stereocenters. The molecule has 2 rings (SSSR count). The van der Waals surface area contributed by atoms with Gasteiger partial charge in [0.25, 0.3) is 0 Å². The van der Waals surface area contributed by atoms with Crippen molar-refractivity contribution >= 4 is 11.7 Å². The number of nitrogens with two attached hydrogens (primary N) is 1. The van der Waals surface area contributed by atoms with Crippen LogP contribution in [0.5, 0.6) is 0 Å². The van der Waals surface area contributed by atoms with Gasteiger partial charge in [0.05, 0.1) is 17.2 Å². The molecular formula is C15H10F2N2O2. The second kappa shape index (κ2) is 6.01. The Morgan fingerprint density at radius 1 is 1.14 bits per heavy atom. The molecule has 0 heterocycles. The second-order valence-corrected chi connectivity index (χ2v) is 4.31. The average Bonchev–Trinajstić information content (AvgIpc) is 2.43. The Morgan fingerprint density at radius 3 is 2.52 bits per heavy atom. The van der Waals surface area contributed by atoms with Crippen molar-refractivity contribution in [2.45, 2.75) is 6.61 Å². The maximum atomic E-state index is 13.2. The highest BCUT2D eigenvalue weighted by Gasteiger charge is 2.10. The summed E-state index contributed by atoms with van der Waals surface area (Å²) < 4.78 is 31.3. The van der Waals surface area contributed by atoms with E-state index in [9.17, 15) is 13.6 Å². The number of benzene rings is 2. The van der Waals surface area contributed by atoms with Crippen LogP contribution in [0.4, 0.5) is 14.5 Å². The first-order valence-corrected chi connectivity index (χ1v) is 5.90. The van der Waals surface area contributed by atoms with Crippen LogP contribution in [0.1, 0.15) is 21.5 Å². The van der Waals surface area contributed by atoms with Crippen LogP contribution >= 0.6 is 0 Å². The number of hydrogen-bond donors (Lipinski definition) is 1. The highest BCUT2D eigenvalue weighted by molar-refractivity contribution is 5.90. The van der Waals surface area contributed by atoms with Gasteiger partial charge >= 0.3 is 5.97 Å². The first-order chi connectivity index (χ1) is 9.97. The molecule has 0 aliphatic rings. The van der Waals surface area contributed by atoms with Gasteiger partial charge in [-0.1, -0.05) is 0 Å². The maximum absolute atomic E-state index is 13.2. The molecule has 0 aliphatic heterocycles. The van der Waals surface area contributed by atoms with E-state index in [1.165, 1.54) is 12.1 Å². The minimum atomic E-state index is -0.788. The van der Waals surface area contributed by atoms with Crippen LogP contribution < -0.4 is 5.73 Å². The van der Waals surface area contributed by atoms with Crippen LogP contribution in [0.25, 0.3) is 0 Å². The lowest BCUT2D eigenvalue weighted by Gasteiger charge is -2.06. The molecule has 0 aromatic heterocycles. The summed E-state index contributed by atoms with van der Waals surface area (Å²) in [5.41, 5.74) is 5.93. The summed E-state index contributed by atoms with van der Waals surface area (Å²) in [6.07, 6.45) is 0. The third-order valence-electron chi connectivity index (χ3n) is 2.61. The molecule has 0 unspecified atom stereocenters. The average molecular weight is 288 g/mol. The van der Waals surface area contributed by atoms with E-state index in [2.05, 4.69) is 0 Å². The van der Waals surface area contributed by atoms with Crippen molar-refractivity contribution in [3.8, 4) is 6.07 Å². The highest BCUT2D eigenvalue weighted by atomic mass is 19.1. The molecule has 0 fully saturated rings. The monoisotopic (exact) mass is 288 g/mol. The number of nitriles is 1. The Bertz CT molecular complexity index is 719. The van der Waals surface area contributed by atoms with E-state index in [1.807, 2.05) is 0 Å². The van der Waals surface area contributed by atoms with Crippen LogP contribution in [-0.2, 0) is 11.3 Å². The number of rotatable bonds is 3. The van der Waals surface area contributed by atoms with Gasteiger partial charge in [0.15, 0.2) is 0 Å². The molecule has 0 radical (unpaired) electrons. The molecule has 0 spiro atoms. The summed E-state index contributed by atoms with van der Waals surface area (Å²) >= 11 is 0. The molecule has 106 valence electrons. The lowest BCUT2D eigenvalue weighted by molar-refractivity contribution is 0.0472. The van der Waals surface area contributed by atoms with E-state index < -0.39 is 17.6 Å². The van der Waals surface area contributed by atoms with Crippen LogP contribution in [0.15, 0.2) is 36.4 Å². The van der Waals surface area contributed by atoms with Gasteiger partial charge in [-0.15, -0.1) is 0 Å². The lowest BCUT2D eigenvalue weighted by Crippen LogP contribution is -2.07. The van der Waals surface area contributed by atoms with E-state index in [0.717, 1.165) is 24.3 Å². The highest BCUT2D eigenvalue weighted by Crippen LogP contribution is 2.14. The standard InChI is InChI=1S/C15H10F2N2O2/c16-12-2-9(7-18)1-10(3-12)8-21-15(20)11-4-13(17)6-14(19)5-11/h1-6H,8,19H2. The molecule has 4 nitrogen and oxygen atoms in total. The van der Waals surface area contributed by atoms with Crippen LogP contribution in [0.3, 0.4) is 0 Å². The van der Waals surface area contributed by atoms with Crippen molar-refractivity contribution in [2.24, 2.45) is 0 Å². The van der Waals surface area contributed by atoms with Crippen molar-refractivity contribution in [1.29, 1.82) is 5.26 Å². The van der Waals surface area contributed by atoms with Gasteiger partial charge in [-0.3, -0.25) is 0 Å². The molecular weight excluding hydrogens is 278 g/mol. The van der Waals surface area contributed by atoms with E-state index in [-0.39, 0.29) is 23.4 Å². The minimum Gasteiger partial charge on any atom is -0.457 e. The van der Waals surface area contributed by atoms with E-state index in [1.54, 1.807) is 6.07 Å². The summed E-state index contributed by atoms with van der Waals surface area (Å²) in [5, 5.41) is 8.72. The molecule has 0 aliphatic carbocycles. The molecule has 0 saturated heterocycles. The van der Waals surface area contributed by atoms with Crippen molar-refractivity contribution in [3.63, 3.8) is 0 Å². The van der Waals surface area contributed by atoms with Gasteiger partial charge < -0.3 is 10.5 Å². The topological polar surface area (TPSA) is 76.1 Å². The first kappa shape index (κ1) is 14.5. The van der Waals surface area contributed by atoms with Crippen molar-refractivity contribution in [2.75, 3.05) is 5.73 Å². The molecule has 6 heteroatoms. The zero-order valence-electron chi connectivity index (χ0n) is 10.8. The largest absolute Gasteiger partial charge is 0.457 e. The van der Waals surface area contributed by atoms with E-state index in [0.29, 0.717) is 5.56 Å². The van der Waals surface area contributed by atoms with Crippen molar-refractivity contribution in [3.05, 3.63) is 64.7 Å². The first-order valence-electron chi connectivity index (χ1n) is 5.90. The van der Waals surface area contributed by atoms with E-state index >= 15 is 0 Å². The van der Waals surface area contributed by atoms with Crippen molar-refractivity contribution in [1.82, 2.24) is 0 Å². The number of carbonyl (C=O) groups excluding carboxylic acids is 1. The molecule has 2 aromatic rings. The smallest absolute Gasteiger partial charge is 0.338 e. The number of anilines is 1. The van der Waals surface area contributed by atoms with Gasteiger partial charge in [-0.25, -0.2) is 13.6 Å². The fourth-order valence-corrected chi connectivity index (χ4v) is 1.76. The molecule has 0 amide bonds. The Kier molecular flexibility index (Phi) is 4.14. The number of nitrogen functional groups attached to an aromatic ring is 1. The molecule has 0 saturated carbocycles. The molecule has 2 N–H and O–H groups in total. The third kappa shape index (κ3) is 3.76. The predicted octanol–water partition coefficient (Wildman–Crippen LogP) is 2.78. The quantitative estimate of drug-likeness (QED) is 0.696. The lowest BCUT2D eigenvalue weighted by atomic mass is 10.1. The number of nitrogens with zero attached hydrogens (tertiary/aromatic N) is 1. The Hall–Kier alpha value is -2.94. The van der Waals surface area contributed by atoms with Gasteiger partial charge in [0.2, 0.25) is 0 Å². The van der Waals surface area contributed by atoms with Gasteiger partial charge in [-0.05, 0) is 42.0 Å². The van der Waals surface area contributed by atoms with Gasteiger partial charge in [0.1, 0.15) is 18.2 Å². The fraction of sp³-hybridized carbons (Fsp3) is 0.0667. The van der Waals surface area contributed by atoms with Crippen LogP contribution in [0.2, 0.25) is 0 Å². The number of carbonyl (C=O) groups is 1. The number of halogens is 2. The number of ether oxygens (including phenoxy) is 1. The van der Waals surface area contributed by atoms with E-state index in [4.69, 9.17) is 15.7 Å². The predicted molar refractivity (Wildman–Crippen MR) is 71.0 cm³/mol. The summed E-state index contributed by atoms with van der Waals surface area (Å²) in [7, 11) is 0. The minimum absolute atomic E-state index is 0.0376. The van der Waals surface area contributed by atoms with Crippen molar-refractivity contribution < 1.29 is 18.3 Å². The summed E-state index contributed by atoms with van der Waals surface area (Å²) in [6, 6.07) is 8.75. The Balaban J connectivity index is 2.11. The molecule has 0 bridgehead atoms. The zero-order chi connectivity index (χ0) is 15.4. The Morgan fingerprint density at radius 2 is 1.86 bits per heavy atom. The fourth-order valence-electron chi connectivity index (χ4n) is 1.76. The summed E-state index contributed by atoms with van der Waals surface area (Å²) in [5.74, 6) is -2.04. The van der Waals surface area contributed by atoms with Gasteiger partial charge in [0, 0.05) is 5.69 Å². The summed E-state index contributed by atoms with van der Waals surface area (Å²) in [6.45, 7) is -0.234. The molecule has 21 heavy (non-hydrogen) atoms. The second-order valence-electron chi connectivity index (χ2n) is 4.31. The number of hydrogen-bond acceptors (Lipinski definition) is 4. The van der Waals surface area contributed by atoms with Crippen LogP contribution in [-0.4, -0.2) is 5.97 Å². The maximum Gasteiger partial charge on any atom is 0.338 e. The Labute approximate surface area is 119 Å². The number of esters is 1. The SMILES string of the molecule is N#Cc1cc(F)cc(COC(=O)c2cc(N)cc(F)c2)c1. The molecule has 2 aromatic carbocycles. The third-order valence-corrected chi connectivity index (χ3v) is 2.61.